The van der Waals surface area contributed by atoms with Crippen LogP contribution in [0.3, 0.4) is 0 Å². The molecular weight excluding hydrogens is 302 g/mol. The van der Waals surface area contributed by atoms with Crippen LogP contribution in [-0.4, -0.2) is 34.1 Å². The molecule has 0 spiro atoms. The van der Waals surface area contributed by atoms with Crippen molar-refractivity contribution in [1.82, 2.24) is 15.1 Å². The van der Waals surface area contributed by atoms with Crippen molar-refractivity contribution < 1.29 is 9.21 Å². The van der Waals surface area contributed by atoms with Crippen molar-refractivity contribution in [2.24, 2.45) is 0 Å². The molecule has 1 fully saturated rings. The zero-order valence-corrected chi connectivity index (χ0v) is 13.4. The number of nitrogens with zero attached hydrogens (tertiary/aromatic N) is 3. The highest BCUT2D eigenvalue weighted by Gasteiger charge is 2.21. The first-order valence-electron chi connectivity index (χ1n) is 8.01. The standard InChI is InChI=1S/C19H17N3O2/c1-13-4-2-5-16(12-13)18-21-20-17(24-18)14-6-8-15(9-7-14)19(23)22-10-3-11-22/h2,4-9,12H,3,10-11H2,1H3. The summed E-state index contributed by atoms with van der Waals surface area (Å²) in [6, 6.07) is 15.3. The van der Waals surface area contributed by atoms with Gasteiger partial charge in [0.15, 0.2) is 0 Å². The number of hydrogen-bond acceptors (Lipinski definition) is 4. The number of amides is 1. The van der Waals surface area contributed by atoms with Gasteiger partial charge in [-0.3, -0.25) is 4.79 Å². The van der Waals surface area contributed by atoms with Crippen LogP contribution < -0.4 is 0 Å². The Balaban J connectivity index is 1.57. The summed E-state index contributed by atoms with van der Waals surface area (Å²) in [4.78, 5) is 14.0. The Hall–Kier alpha value is -2.95. The molecule has 2 aromatic carbocycles. The van der Waals surface area contributed by atoms with Crippen LogP contribution in [0.15, 0.2) is 52.9 Å². The van der Waals surface area contributed by atoms with Crippen LogP contribution in [0.4, 0.5) is 0 Å². The molecular formula is C19H17N3O2. The summed E-state index contributed by atoms with van der Waals surface area (Å²) in [5, 5.41) is 8.24. The van der Waals surface area contributed by atoms with Crippen molar-refractivity contribution >= 4 is 5.91 Å². The molecule has 0 unspecified atom stereocenters. The maximum absolute atomic E-state index is 12.2. The Labute approximate surface area is 139 Å². The summed E-state index contributed by atoms with van der Waals surface area (Å²) in [5.41, 5.74) is 3.54. The van der Waals surface area contributed by atoms with Crippen LogP contribution in [0.5, 0.6) is 0 Å². The van der Waals surface area contributed by atoms with Gasteiger partial charge in [-0.1, -0.05) is 17.7 Å². The largest absolute Gasteiger partial charge is 0.416 e. The molecule has 4 rings (SSSR count). The summed E-state index contributed by atoms with van der Waals surface area (Å²) in [5.74, 6) is 1.03. The molecule has 1 amide bonds. The molecule has 0 radical (unpaired) electrons. The summed E-state index contributed by atoms with van der Waals surface area (Å²) in [7, 11) is 0. The van der Waals surface area contributed by atoms with Crippen LogP contribution in [0.2, 0.25) is 0 Å². The number of likely N-dealkylation sites (tertiary alicyclic amines) is 1. The van der Waals surface area contributed by atoms with Gasteiger partial charge in [0.2, 0.25) is 11.8 Å². The van der Waals surface area contributed by atoms with E-state index in [0.717, 1.165) is 36.2 Å². The normalized spacial score (nSPS) is 13.6. The van der Waals surface area contributed by atoms with Crippen molar-refractivity contribution in [3.63, 3.8) is 0 Å². The molecule has 0 aliphatic carbocycles. The molecule has 24 heavy (non-hydrogen) atoms. The Kier molecular flexibility index (Phi) is 3.61. The number of aromatic nitrogens is 2. The van der Waals surface area contributed by atoms with Crippen molar-refractivity contribution in [3.8, 4) is 22.9 Å². The molecule has 1 aliphatic rings. The second kappa shape index (κ2) is 5.92. The van der Waals surface area contributed by atoms with Crippen molar-refractivity contribution in [3.05, 3.63) is 59.7 Å². The maximum Gasteiger partial charge on any atom is 0.253 e. The van der Waals surface area contributed by atoms with Gasteiger partial charge < -0.3 is 9.32 Å². The molecule has 1 aliphatic heterocycles. The van der Waals surface area contributed by atoms with E-state index in [2.05, 4.69) is 10.2 Å². The number of hydrogen-bond donors (Lipinski definition) is 0. The molecule has 0 N–H and O–H groups in total. The van der Waals surface area contributed by atoms with E-state index in [4.69, 9.17) is 4.42 Å². The Bertz CT molecular complexity index is 880. The van der Waals surface area contributed by atoms with E-state index in [1.807, 2.05) is 60.4 Å². The molecule has 2 heterocycles. The topological polar surface area (TPSA) is 59.2 Å². The fraction of sp³-hybridized carbons (Fsp3) is 0.211. The zero-order valence-electron chi connectivity index (χ0n) is 13.4. The second-order valence-electron chi connectivity index (χ2n) is 6.00. The van der Waals surface area contributed by atoms with Gasteiger partial charge in [0, 0.05) is 29.8 Å². The molecule has 3 aromatic rings. The summed E-state index contributed by atoms with van der Waals surface area (Å²) in [6.07, 6.45) is 1.09. The van der Waals surface area contributed by atoms with Gasteiger partial charge in [-0.15, -0.1) is 10.2 Å². The average molecular weight is 319 g/mol. The number of carbonyl (C=O) groups excluding carboxylic acids is 1. The van der Waals surface area contributed by atoms with Gasteiger partial charge >= 0.3 is 0 Å². The van der Waals surface area contributed by atoms with Crippen molar-refractivity contribution in [2.45, 2.75) is 13.3 Å². The lowest BCUT2D eigenvalue weighted by Crippen LogP contribution is -2.41. The third kappa shape index (κ3) is 2.69. The molecule has 0 bridgehead atoms. The minimum Gasteiger partial charge on any atom is -0.416 e. The first kappa shape index (κ1) is 14.6. The quantitative estimate of drug-likeness (QED) is 0.740. The van der Waals surface area contributed by atoms with E-state index in [1.54, 1.807) is 0 Å². The van der Waals surface area contributed by atoms with E-state index >= 15 is 0 Å². The summed E-state index contributed by atoms with van der Waals surface area (Å²) < 4.78 is 5.77. The first-order chi connectivity index (χ1) is 11.7. The zero-order chi connectivity index (χ0) is 16.5. The second-order valence-corrected chi connectivity index (χ2v) is 6.00. The first-order valence-corrected chi connectivity index (χ1v) is 8.01. The van der Waals surface area contributed by atoms with Gasteiger partial charge in [-0.2, -0.15) is 0 Å². The molecule has 1 aromatic heterocycles. The lowest BCUT2D eigenvalue weighted by Gasteiger charge is -2.30. The predicted octanol–water partition coefficient (Wildman–Crippen LogP) is 3.56. The highest BCUT2D eigenvalue weighted by Crippen LogP contribution is 2.25. The van der Waals surface area contributed by atoms with Gasteiger partial charge in [-0.25, -0.2) is 0 Å². The molecule has 5 nitrogen and oxygen atoms in total. The predicted molar refractivity (Wildman–Crippen MR) is 90.4 cm³/mol. The minimum absolute atomic E-state index is 0.0822. The van der Waals surface area contributed by atoms with E-state index in [-0.39, 0.29) is 5.91 Å². The Morgan fingerprint density at radius 2 is 1.71 bits per heavy atom. The molecule has 0 saturated carbocycles. The minimum atomic E-state index is 0.0822. The van der Waals surface area contributed by atoms with Gasteiger partial charge in [0.25, 0.3) is 5.91 Å². The van der Waals surface area contributed by atoms with Crippen LogP contribution >= 0.6 is 0 Å². The van der Waals surface area contributed by atoms with Gasteiger partial charge in [0.05, 0.1) is 0 Å². The number of benzene rings is 2. The van der Waals surface area contributed by atoms with E-state index in [9.17, 15) is 4.79 Å². The number of aryl methyl sites for hydroxylation is 1. The van der Waals surface area contributed by atoms with Crippen LogP contribution in [0.25, 0.3) is 22.9 Å². The van der Waals surface area contributed by atoms with Crippen LogP contribution in [0.1, 0.15) is 22.3 Å². The number of carbonyl (C=O) groups is 1. The summed E-state index contributed by atoms with van der Waals surface area (Å²) in [6.45, 7) is 3.73. The molecule has 5 heteroatoms. The third-order valence-corrected chi connectivity index (χ3v) is 4.21. The Morgan fingerprint density at radius 1 is 1.00 bits per heavy atom. The molecule has 1 saturated heterocycles. The van der Waals surface area contributed by atoms with Crippen molar-refractivity contribution in [2.75, 3.05) is 13.1 Å². The lowest BCUT2D eigenvalue weighted by atomic mass is 10.1. The molecule has 0 atom stereocenters. The third-order valence-electron chi connectivity index (χ3n) is 4.21. The van der Waals surface area contributed by atoms with E-state index in [1.165, 1.54) is 0 Å². The monoisotopic (exact) mass is 319 g/mol. The fourth-order valence-electron chi connectivity index (χ4n) is 2.69. The van der Waals surface area contributed by atoms with E-state index in [0.29, 0.717) is 17.3 Å². The van der Waals surface area contributed by atoms with Gasteiger partial charge in [0.1, 0.15) is 0 Å². The highest BCUT2D eigenvalue weighted by atomic mass is 16.4. The van der Waals surface area contributed by atoms with Crippen molar-refractivity contribution in [1.29, 1.82) is 0 Å². The van der Waals surface area contributed by atoms with Crippen LogP contribution in [-0.2, 0) is 0 Å². The highest BCUT2D eigenvalue weighted by molar-refractivity contribution is 5.95. The van der Waals surface area contributed by atoms with Gasteiger partial charge in [-0.05, 0) is 49.7 Å². The Morgan fingerprint density at radius 3 is 2.33 bits per heavy atom. The smallest absolute Gasteiger partial charge is 0.253 e. The SMILES string of the molecule is Cc1cccc(-c2nnc(-c3ccc(C(=O)N4CCC4)cc3)o2)c1. The van der Waals surface area contributed by atoms with E-state index < -0.39 is 0 Å². The molecule has 120 valence electrons. The maximum atomic E-state index is 12.2. The average Bonchev–Trinajstić information content (AvgIpc) is 3.03. The lowest BCUT2D eigenvalue weighted by molar-refractivity contribution is 0.0652. The fourth-order valence-corrected chi connectivity index (χ4v) is 2.69. The summed E-state index contributed by atoms with van der Waals surface area (Å²) >= 11 is 0. The number of rotatable bonds is 3. The van der Waals surface area contributed by atoms with Crippen LogP contribution in [0, 0.1) is 6.92 Å².